The number of hydrogen-bond acceptors (Lipinski definition) is 5. The normalized spacial score (nSPS) is 13.7. The fraction of sp³-hybridized carbons (Fsp3) is 0.278. The summed E-state index contributed by atoms with van der Waals surface area (Å²) < 4.78 is 37.8. The molecule has 0 saturated heterocycles. The molecule has 0 radical (unpaired) electrons. The summed E-state index contributed by atoms with van der Waals surface area (Å²) in [6, 6.07) is 11.4. The number of carbonyl (C=O) groups is 1. The highest BCUT2D eigenvalue weighted by Crippen LogP contribution is 2.31. The fourth-order valence-electron chi connectivity index (χ4n) is 2.58. The number of carbonyl (C=O) groups excluding carboxylic acids is 1. The quantitative estimate of drug-likeness (QED) is 0.765. The van der Waals surface area contributed by atoms with Crippen LogP contribution >= 0.6 is 0 Å². The first kappa shape index (κ1) is 17.4. The van der Waals surface area contributed by atoms with Crippen molar-refractivity contribution < 1.29 is 22.7 Å². The molecule has 0 aromatic heterocycles. The van der Waals surface area contributed by atoms with Crippen LogP contribution in [0.4, 0.5) is 0 Å². The lowest BCUT2D eigenvalue weighted by atomic mass is 10.2. The van der Waals surface area contributed by atoms with Crippen LogP contribution < -0.4 is 9.47 Å². The zero-order valence-corrected chi connectivity index (χ0v) is 14.9. The summed E-state index contributed by atoms with van der Waals surface area (Å²) in [5, 5.41) is 0. The Morgan fingerprint density at radius 1 is 1.08 bits per heavy atom. The highest BCUT2D eigenvalue weighted by molar-refractivity contribution is 7.89. The van der Waals surface area contributed by atoms with Gasteiger partial charge in [-0.25, -0.2) is 8.42 Å². The van der Waals surface area contributed by atoms with Gasteiger partial charge in [-0.05, 0) is 36.8 Å². The van der Waals surface area contributed by atoms with Gasteiger partial charge in [0.05, 0.1) is 4.90 Å². The fourth-order valence-corrected chi connectivity index (χ4v) is 3.79. The van der Waals surface area contributed by atoms with Gasteiger partial charge in [0.25, 0.3) is 0 Å². The summed E-state index contributed by atoms with van der Waals surface area (Å²) in [6.45, 7) is 2.57. The molecule has 0 amide bonds. The van der Waals surface area contributed by atoms with Crippen LogP contribution in [0.15, 0.2) is 47.4 Å². The van der Waals surface area contributed by atoms with Crippen LogP contribution in [-0.2, 0) is 16.6 Å². The summed E-state index contributed by atoms with van der Waals surface area (Å²) in [6.07, 6.45) is 0. The maximum atomic E-state index is 12.8. The lowest BCUT2D eigenvalue weighted by molar-refractivity contribution is 0.101. The first-order valence-corrected chi connectivity index (χ1v) is 9.28. The van der Waals surface area contributed by atoms with Gasteiger partial charge in [-0.1, -0.05) is 18.2 Å². The van der Waals surface area contributed by atoms with Gasteiger partial charge in [-0.3, -0.25) is 4.79 Å². The van der Waals surface area contributed by atoms with Crippen LogP contribution in [0.2, 0.25) is 0 Å². The molecule has 7 heteroatoms. The summed E-state index contributed by atoms with van der Waals surface area (Å²) in [5.41, 5.74) is 1.16. The number of ether oxygens (including phenoxy) is 2. The Hall–Kier alpha value is -2.38. The molecule has 0 aliphatic carbocycles. The molecule has 1 heterocycles. The summed E-state index contributed by atoms with van der Waals surface area (Å²) in [7, 11) is -2.20. The van der Waals surface area contributed by atoms with E-state index in [0.717, 1.165) is 5.56 Å². The molecule has 0 atom stereocenters. The third kappa shape index (κ3) is 3.67. The van der Waals surface area contributed by atoms with Crippen molar-refractivity contribution >= 4 is 15.8 Å². The van der Waals surface area contributed by atoms with Gasteiger partial charge >= 0.3 is 0 Å². The third-order valence-electron chi connectivity index (χ3n) is 3.96. The molecule has 132 valence electrons. The summed E-state index contributed by atoms with van der Waals surface area (Å²) in [4.78, 5) is 11.6. The van der Waals surface area contributed by atoms with Crippen molar-refractivity contribution in [1.82, 2.24) is 4.31 Å². The SMILES string of the molecule is CC(=O)c1cccc(S(=O)(=O)N(C)Cc2ccc3c(c2)OCCO3)c1. The first-order chi connectivity index (χ1) is 11.9. The predicted molar refractivity (Wildman–Crippen MR) is 92.5 cm³/mol. The maximum Gasteiger partial charge on any atom is 0.243 e. The Labute approximate surface area is 147 Å². The number of fused-ring (bicyclic) bond motifs is 1. The van der Waals surface area contributed by atoms with Crippen molar-refractivity contribution in [2.75, 3.05) is 20.3 Å². The number of benzene rings is 2. The molecule has 1 aliphatic heterocycles. The van der Waals surface area contributed by atoms with Crippen LogP contribution in [0.1, 0.15) is 22.8 Å². The number of rotatable bonds is 5. The number of hydrogen-bond donors (Lipinski definition) is 0. The molecular weight excluding hydrogens is 342 g/mol. The van der Waals surface area contributed by atoms with Gasteiger partial charge in [0.15, 0.2) is 17.3 Å². The summed E-state index contributed by atoms with van der Waals surface area (Å²) >= 11 is 0. The van der Waals surface area contributed by atoms with Crippen molar-refractivity contribution in [1.29, 1.82) is 0 Å². The highest BCUT2D eigenvalue weighted by atomic mass is 32.2. The van der Waals surface area contributed by atoms with Crippen molar-refractivity contribution in [3.05, 3.63) is 53.6 Å². The smallest absolute Gasteiger partial charge is 0.243 e. The average Bonchev–Trinajstić information content (AvgIpc) is 2.61. The van der Waals surface area contributed by atoms with Gasteiger partial charge in [-0.2, -0.15) is 4.31 Å². The zero-order valence-electron chi connectivity index (χ0n) is 14.1. The minimum Gasteiger partial charge on any atom is -0.486 e. The van der Waals surface area contributed by atoms with Crippen LogP contribution in [0.25, 0.3) is 0 Å². The molecule has 0 spiro atoms. The molecule has 0 saturated carbocycles. The van der Waals surface area contributed by atoms with E-state index in [0.29, 0.717) is 30.3 Å². The molecule has 25 heavy (non-hydrogen) atoms. The Balaban J connectivity index is 1.83. The molecule has 2 aromatic rings. The van der Waals surface area contributed by atoms with Crippen LogP contribution in [0, 0.1) is 0 Å². The van der Waals surface area contributed by atoms with Crippen LogP contribution in [0.5, 0.6) is 11.5 Å². The van der Waals surface area contributed by atoms with Gasteiger partial charge in [0, 0.05) is 19.2 Å². The topological polar surface area (TPSA) is 72.9 Å². The van der Waals surface area contributed by atoms with E-state index in [4.69, 9.17) is 9.47 Å². The second-order valence-corrected chi connectivity index (χ2v) is 7.87. The lowest BCUT2D eigenvalue weighted by Gasteiger charge is -2.21. The number of nitrogens with zero attached hydrogens (tertiary/aromatic N) is 1. The minimum atomic E-state index is -3.71. The largest absolute Gasteiger partial charge is 0.486 e. The molecule has 0 N–H and O–H groups in total. The van der Waals surface area contributed by atoms with Crippen molar-refractivity contribution in [2.24, 2.45) is 0 Å². The van der Waals surface area contributed by atoms with E-state index in [1.54, 1.807) is 24.3 Å². The minimum absolute atomic E-state index is 0.0974. The van der Waals surface area contributed by atoms with Gasteiger partial charge in [-0.15, -0.1) is 0 Å². The third-order valence-corrected chi connectivity index (χ3v) is 5.76. The first-order valence-electron chi connectivity index (χ1n) is 7.84. The van der Waals surface area contributed by atoms with Crippen molar-refractivity contribution in [2.45, 2.75) is 18.4 Å². The molecular formula is C18H19NO5S. The van der Waals surface area contributed by atoms with E-state index in [9.17, 15) is 13.2 Å². The maximum absolute atomic E-state index is 12.8. The van der Waals surface area contributed by atoms with Crippen molar-refractivity contribution in [3.63, 3.8) is 0 Å². The van der Waals surface area contributed by atoms with E-state index in [-0.39, 0.29) is 17.2 Å². The number of sulfonamides is 1. The van der Waals surface area contributed by atoms with Crippen LogP contribution in [0.3, 0.4) is 0 Å². The number of Topliss-reactive ketones (excluding diaryl/α,β-unsaturated/α-hetero) is 1. The Morgan fingerprint density at radius 2 is 1.80 bits per heavy atom. The Morgan fingerprint density at radius 3 is 2.52 bits per heavy atom. The molecule has 0 bridgehead atoms. The van der Waals surface area contributed by atoms with Gasteiger partial charge < -0.3 is 9.47 Å². The van der Waals surface area contributed by atoms with Gasteiger partial charge in [0.1, 0.15) is 13.2 Å². The molecule has 2 aromatic carbocycles. The molecule has 0 fully saturated rings. The Kier molecular flexibility index (Phi) is 4.78. The average molecular weight is 361 g/mol. The second-order valence-electron chi connectivity index (χ2n) is 5.82. The van der Waals surface area contributed by atoms with Gasteiger partial charge in [0.2, 0.25) is 10.0 Å². The van der Waals surface area contributed by atoms with E-state index in [1.165, 1.54) is 30.4 Å². The van der Waals surface area contributed by atoms with E-state index >= 15 is 0 Å². The molecule has 6 nitrogen and oxygen atoms in total. The Bertz CT molecular complexity index is 907. The molecule has 3 rings (SSSR count). The lowest BCUT2D eigenvalue weighted by Crippen LogP contribution is -2.26. The molecule has 0 unspecified atom stereocenters. The zero-order chi connectivity index (χ0) is 18.0. The van der Waals surface area contributed by atoms with Crippen LogP contribution in [-0.4, -0.2) is 38.8 Å². The second kappa shape index (κ2) is 6.85. The number of ketones is 1. The predicted octanol–water partition coefficient (Wildman–Crippen LogP) is 2.48. The van der Waals surface area contributed by atoms with Crippen molar-refractivity contribution in [3.8, 4) is 11.5 Å². The summed E-state index contributed by atoms with van der Waals surface area (Å²) in [5.74, 6) is 1.11. The molecule has 1 aliphatic rings. The highest BCUT2D eigenvalue weighted by Gasteiger charge is 2.22. The monoisotopic (exact) mass is 361 g/mol. The van der Waals surface area contributed by atoms with E-state index in [2.05, 4.69) is 0 Å². The standard InChI is InChI=1S/C18H19NO5S/c1-13(20)15-4-3-5-16(11-15)25(21,22)19(2)12-14-6-7-17-18(10-14)24-9-8-23-17/h3-7,10-11H,8-9,12H2,1-2H3. The van der Waals surface area contributed by atoms with E-state index in [1.807, 2.05) is 6.07 Å². The van der Waals surface area contributed by atoms with E-state index < -0.39 is 10.0 Å².